The number of aryl methyl sites for hydroxylation is 1. The fourth-order valence-corrected chi connectivity index (χ4v) is 2.66. The minimum Gasteiger partial charge on any atom is -0.298 e. The van der Waals surface area contributed by atoms with E-state index < -0.39 is 0 Å². The number of hydrogen-bond acceptors (Lipinski definition) is 2. The van der Waals surface area contributed by atoms with Crippen LogP contribution in [0.1, 0.15) is 32.1 Å². The lowest BCUT2D eigenvalue weighted by Gasteiger charge is -2.12. The highest BCUT2D eigenvalue weighted by molar-refractivity contribution is 6.10. The molecule has 0 saturated carbocycles. The Balaban J connectivity index is 2.01. The van der Waals surface area contributed by atoms with Gasteiger partial charge in [0.2, 0.25) is 0 Å². The highest BCUT2D eigenvalue weighted by Crippen LogP contribution is 2.19. The SMILES string of the molecule is Cc1cc(C=O)c(C)n1NC(=O)c1cccc2ccccc12. The molecule has 3 rings (SSSR count). The lowest BCUT2D eigenvalue weighted by Crippen LogP contribution is -2.25. The second kappa shape index (κ2) is 5.48. The number of benzene rings is 2. The number of aromatic nitrogens is 1. The number of fused-ring (bicyclic) bond motifs is 1. The van der Waals surface area contributed by atoms with Crippen LogP contribution in [0.25, 0.3) is 10.8 Å². The molecular weight excluding hydrogens is 276 g/mol. The first kappa shape index (κ1) is 14.1. The Labute approximate surface area is 128 Å². The van der Waals surface area contributed by atoms with Crippen molar-refractivity contribution in [1.82, 2.24) is 4.68 Å². The molecule has 3 aromatic rings. The summed E-state index contributed by atoms with van der Waals surface area (Å²) in [4.78, 5) is 23.6. The van der Waals surface area contributed by atoms with Crippen LogP contribution < -0.4 is 5.43 Å². The second-order valence-electron chi connectivity index (χ2n) is 5.25. The maximum absolute atomic E-state index is 12.6. The largest absolute Gasteiger partial charge is 0.298 e. The molecule has 0 aliphatic heterocycles. The predicted molar refractivity (Wildman–Crippen MR) is 86.9 cm³/mol. The van der Waals surface area contributed by atoms with Crippen molar-refractivity contribution in [1.29, 1.82) is 0 Å². The van der Waals surface area contributed by atoms with E-state index in [1.165, 1.54) is 0 Å². The van der Waals surface area contributed by atoms with E-state index in [9.17, 15) is 9.59 Å². The van der Waals surface area contributed by atoms with E-state index in [0.29, 0.717) is 11.1 Å². The van der Waals surface area contributed by atoms with E-state index in [1.807, 2.05) is 43.3 Å². The third-order valence-corrected chi connectivity index (χ3v) is 3.84. The quantitative estimate of drug-likeness (QED) is 0.752. The third-order valence-electron chi connectivity index (χ3n) is 3.84. The van der Waals surface area contributed by atoms with Gasteiger partial charge < -0.3 is 0 Å². The third kappa shape index (κ3) is 2.29. The van der Waals surface area contributed by atoms with Crippen LogP contribution >= 0.6 is 0 Å². The number of carbonyl (C=O) groups excluding carboxylic acids is 2. The molecule has 110 valence electrons. The standard InChI is InChI=1S/C18H16N2O2/c1-12-10-15(11-21)13(2)20(12)19-18(22)17-9-5-7-14-6-3-4-8-16(14)17/h3-11H,1-2H3,(H,19,22). The van der Waals surface area contributed by atoms with Gasteiger partial charge in [-0.15, -0.1) is 0 Å². The predicted octanol–water partition coefficient (Wildman–Crippen LogP) is 3.45. The summed E-state index contributed by atoms with van der Waals surface area (Å²) in [5, 5.41) is 1.92. The van der Waals surface area contributed by atoms with Gasteiger partial charge >= 0.3 is 0 Å². The van der Waals surface area contributed by atoms with Crippen molar-refractivity contribution in [2.24, 2.45) is 0 Å². The molecule has 1 aromatic heterocycles. The van der Waals surface area contributed by atoms with Gasteiger partial charge in [0.15, 0.2) is 6.29 Å². The Hall–Kier alpha value is -2.88. The first-order valence-corrected chi connectivity index (χ1v) is 7.05. The number of aldehydes is 1. The van der Waals surface area contributed by atoms with E-state index in [2.05, 4.69) is 5.43 Å². The van der Waals surface area contributed by atoms with Crippen molar-refractivity contribution < 1.29 is 9.59 Å². The van der Waals surface area contributed by atoms with Crippen molar-refractivity contribution >= 4 is 23.0 Å². The summed E-state index contributed by atoms with van der Waals surface area (Å²) in [7, 11) is 0. The number of amides is 1. The zero-order valence-corrected chi connectivity index (χ0v) is 12.5. The zero-order valence-electron chi connectivity index (χ0n) is 12.5. The lowest BCUT2D eigenvalue weighted by atomic mass is 10.0. The molecule has 2 aromatic carbocycles. The molecule has 0 fully saturated rings. The highest BCUT2D eigenvalue weighted by atomic mass is 16.2. The molecule has 1 N–H and O–H groups in total. The fraction of sp³-hybridized carbons (Fsp3) is 0.111. The summed E-state index contributed by atoms with van der Waals surface area (Å²) in [6, 6.07) is 15.2. The highest BCUT2D eigenvalue weighted by Gasteiger charge is 2.14. The van der Waals surface area contributed by atoms with Gasteiger partial charge in [-0.25, -0.2) is 0 Å². The minimum atomic E-state index is -0.198. The Morgan fingerprint density at radius 2 is 1.82 bits per heavy atom. The van der Waals surface area contributed by atoms with Crippen LogP contribution in [0.15, 0.2) is 48.5 Å². The summed E-state index contributed by atoms with van der Waals surface area (Å²) >= 11 is 0. The molecule has 0 radical (unpaired) electrons. The number of hydrogen-bond donors (Lipinski definition) is 1. The van der Waals surface area contributed by atoms with Crippen LogP contribution in [-0.2, 0) is 0 Å². The van der Waals surface area contributed by atoms with Gasteiger partial charge in [-0.2, -0.15) is 0 Å². The summed E-state index contributed by atoms with van der Waals surface area (Å²) in [6.07, 6.45) is 0.795. The Kier molecular flexibility index (Phi) is 3.51. The molecule has 22 heavy (non-hydrogen) atoms. The molecule has 4 nitrogen and oxygen atoms in total. The van der Waals surface area contributed by atoms with Crippen LogP contribution in [0.5, 0.6) is 0 Å². The molecule has 0 spiro atoms. The molecule has 1 amide bonds. The van der Waals surface area contributed by atoms with Crippen LogP contribution in [0.2, 0.25) is 0 Å². The van der Waals surface area contributed by atoms with Crippen LogP contribution in [-0.4, -0.2) is 16.9 Å². The first-order chi connectivity index (χ1) is 10.6. The van der Waals surface area contributed by atoms with E-state index in [4.69, 9.17) is 0 Å². The Bertz CT molecular complexity index is 873. The number of carbonyl (C=O) groups is 2. The van der Waals surface area contributed by atoms with E-state index in [-0.39, 0.29) is 5.91 Å². The van der Waals surface area contributed by atoms with Crippen molar-refractivity contribution in [2.75, 3.05) is 5.43 Å². The maximum Gasteiger partial charge on any atom is 0.270 e. The Morgan fingerprint density at radius 3 is 2.55 bits per heavy atom. The summed E-state index contributed by atoms with van der Waals surface area (Å²) in [6.45, 7) is 3.66. The molecule has 0 aliphatic carbocycles. The fourth-order valence-electron chi connectivity index (χ4n) is 2.66. The topological polar surface area (TPSA) is 51.1 Å². The molecule has 1 heterocycles. The van der Waals surface area contributed by atoms with Crippen molar-refractivity contribution in [2.45, 2.75) is 13.8 Å². The zero-order chi connectivity index (χ0) is 15.7. The average molecular weight is 292 g/mol. The molecule has 0 atom stereocenters. The summed E-state index contributed by atoms with van der Waals surface area (Å²) in [5.41, 5.74) is 5.59. The van der Waals surface area contributed by atoms with Gasteiger partial charge in [0, 0.05) is 22.5 Å². The van der Waals surface area contributed by atoms with Gasteiger partial charge in [0.1, 0.15) is 0 Å². The van der Waals surface area contributed by atoms with Gasteiger partial charge in [-0.1, -0.05) is 36.4 Å². The molecule has 4 heteroatoms. The van der Waals surface area contributed by atoms with E-state index in [1.54, 1.807) is 23.7 Å². The summed E-state index contributed by atoms with van der Waals surface area (Å²) < 4.78 is 1.65. The van der Waals surface area contributed by atoms with Crippen molar-refractivity contribution in [3.05, 3.63) is 71.0 Å². The number of nitrogens with zero attached hydrogens (tertiary/aromatic N) is 1. The van der Waals surface area contributed by atoms with Gasteiger partial charge in [0.05, 0.1) is 0 Å². The van der Waals surface area contributed by atoms with Gasteiger partial charge in [-0.05, 0) is 36.8 Å². The average Bonchev–Trinajstić information content (AvgIpc) is 2.81. The second-order valence-corrected chi connectivity index (χ2v) is 5.25. The maximum atomic E-state index is 12.6. The first-order valence-electron chi connectivity index (χ1n) is 7.05. The van der Waals surface area contributed by atoms with Crippen LogP contribution in [0.4, 0.5) is 0 Å². The van der Waals surface area contributed by atoms with E-state index >= 15 is 0 Å². The van der Waals surface area contributed by atoms with Crippen LogP contribution in [0.3, 0.4) is 0 Å². The lowest BCUT2D eigenvalue weighted by molar-refractivity contribution is 0.101. The Morgan fingerprint density at radius 1 is 1.09 bits per heavy atom. The molecule has 0 bridgehead atoms. The normalized spacial score (nSPS) is 10.6. The molecular formula is C18H16N2O2. The number of rotatable bonds is 3. The molecule has 0 unspecified atom stereocenters. The van der Waals surface area contributed by atoms with Crippen LogP contribution in [0, 0.1) is 13.8 Å². The smallest absolute Gasteiger partial charge is 0.270 e. The number of nitrogens with one attached hydrogen (secondary N) is 1. The van der Waals surface area contributed by atoms with Crippen molar-refractivity contribution in [3.63, 3.8) is 0 Å². The summed E-state index contributed by atoms with van der Waals surface area (Å²) in [5.74, 6) is -0.198. The minimum absolute atomic E-state index is 0.198. The van der Waals surface area contributed by atoms with Gasteiger partial charge in [-0.3, -0.25) is 19.7 Å². The molecule has 0 aliphatic rings. The van der Waals surface area contributed by atoms with E-state index in [0.717, 1.165) is 28.4 Å². The van der Waals surface area contributed by atoms with Gasteiger partial charge in [0.25, 0.3) is 5.91 Å². The van der Waals surface area contributed by atoms with Crippen molar-refractivity contribution in [3.8, 4) is 0 Å². The molecule has 0 saturated heterocycles. The monoisotopic (exact) mass is 292 g/mol.